The molecule has 18 nitrogen and oxygen atoms in total. The number of nitriles is 3. The molecule has 0 spiro atoms. The first kappa shape index (κ1) is 73.8. The van der Waals surface area contributed by atoms with Gasteiger partial charge >= 0.3 is 30.7 Å². The number of benzene rings is 6. The lowest BCUT2D eigenvalue weighted by molar-refractivity contribution is -0.138. The van der Waals surface area contributed by atoms with Gasteiger partial charge in [-0.1, -0.05) is 6.07 Å². The van der Waals surface area contributed by atoms with Gasteiger partial charge in [0.25, 0.3) is 0 Å². The van der Waals surface area contributed by atoms with Crippen molar-refractivity contribution in [2.45, 2.75) is 101 Å². The van der Waals surface area contributed by atoms with Crippen molar-refractivity contribution in [2.75, 3.05) is 23.0 Å². The van der Waals surface area contributed by atoms with Gasteiger partial charge in [0.1, 0.15) is 12.4 Å². The number of hydrogen-bond acceptors (Lipinski definition) is 16. The van der Waals surface area contributed by atoms with Crippen LogP contribution in [0.5, 0.6) is 0 Å². The van der Waals surface area contributed by atoms with Crippen molar-refractivity contribution in [1.29, 1.82) is 15.8 Å². The molecule has 0 bridgehead atoms. The fourth-order valence-electron chi connectivity index (χ4n) is 11.1. The zero-order valence-electron chi connectivity index (χ0n) is 49.2. The highest BCUT2D eigenvalue weighted by Gasteiger charge is 2.43. The molecule has 7 aromatic rings. The van der Waals surface area contributed by atoms with Gasteiger partial charge in [-0.05, 0) is 151 Å². The van der Waals surface area contributed by atoms with E-state index in [0.29, 0.717) is 52.9 Å². The highest BCUT2D eigenvalue weighted by atomic mass is 32.2. The number of fused-ring (bicyclic) bond motifs is 6. The molecule has 36 heteroatoms. The molecule has 5 aliphatic rings. The number of aliphatic hydroxyl groups is 1. The molecule has 5 aliphatic heterocycles. The molecule has 0 saturated carbocycles. The van der Waals surface area contributed by atoms with Gasteiger partial charge in [-0.3, -0.25) is 9.59 Å². The van der Waals surface area contributed by atoms with Gasteiger partial charge in [0.05, 0.1) is 111 Å². The number of carbonyl (C=O) groups is 2. The van der Waals surface area contributed by atoms with E-state index in [1.165, 1.54) is 36.4 Å². The Labute approximate surface area is 542 Å². The maximum Gasteiger partial charge on any atom is 0.417 e. The highest BCUT2D eigenvalue weighted by molar-refractivity contribution is 7.95. The van der Waals surface area contributed by atoms with E-state index in [0.717, 1.165) is 57.6 Å². The van der Waals surface area contributed by atoms with E-state index in [-0.39, 0.29) is 80.8 Å². The number of nitrogens with zero attached hydrogens (tertiary/aromatic N) is 4. The van der Waals surface area contributed by atoms with Crippen molar-refractivity contribution in [2.24, 2.45) is 0 Å². The Kier molecular flexibility index (Phi) is 19.9. The number of carboxylic acid groups (broad SMARTS) is 1. The Bertz CT molecular complexity index is 5250. The summed E-state index contributed by atoms with van der Waals surface area (Å²) in [5.74, 6) is -2.27. The van der Waals surface area contributed by atoms with E-state index >= 15 is 0 Å². The van der Waals surface area contributed by atoms with Crippen molar-refractivity contribution in [3.8, 4) is 18.2 Å². The molecule has 12 rings (SSSR count). The van der Waals surface area contributed by atoms with Gasteiger partial charge in [-0.15, -0.1) is 0 Å². The fraction of sp³-hybridized carbons (Fsp3) is 0.262. The van der Waals surface area contributed by atoms with Crippen molar-refractivity contribution >= 4 is 78.4 Å². The minimum absolute atomic E-state index is 0.0913. The summed E-state index contributed by atoms with van der Waals surface area (Å²) in [5, 5.41) is 46.1. The second kappa shape index (κ2) is 26.1. The van der Waals surface area contributed by atoms with Gasteiger partial charge in [0.15, 0.2) is 55.5 Å². The third-order valence-electron chi connectivity index (χ3n) is 15.8. The zero-order chi connectivity index (χ0) is 72.5. The zero-order valence-corrected chi connectivity index (χ0v) is 53.3. The first-order chi connectivity index (χ1) is 44.6. The summed E-state index contributed by atoms with van der Waals surface area (Å²) in [6.45, 7) is 3.51. The molecular formula is C61H43F13N4O14S5. The molecule has 1 aromatic heterocycles. The second-order valence-corrected chi connectivity index (χ2v) is 32.0. The van der Waals surface area contributed by atoms with Crippen LogP contribution in [0.1, 0.15) is 106 Å². The van der Waals surface area contributed by atoms with Crippen LogP contribution in [0.4, 0.5) is 57.1 Å². The lowest BCUT2D eigenvalue weighted by atomic mass is 9.96. The number of alkyl halides is 12. The number of rotatable bonds is 5. The van der Waals surface area contributed by atoms with Crippen LogP contribution in [0, 0.1) is 53.7 Å². The minimum atomic E-state index is -4.82. The molecule has 1 unspecified atom stereocenters. The number of aldehydes is 1. The molecular weight excluding hydrogens is 1420 g/mol. The molecule has 6 heterocycles. The van der Waals surface area contributed by atoms with E-state index in [1.54, 1.807) is 16.7 Å². The lowest BCUT2D eigenvalue weighted by Crippen LogP contribution is -2.11. The monoisotopic (exact) mass is 1460 g/mol. The van der Waals surface area contributed by atoms with E-state index in [1.807, 2.05) is 19.9 Å². The topological polar surface area (TPSA) is 322 Å². The quantitative estimate of drug-likeness (QED) is 0.119. The molecule has 0 amide bonds. The van der Waals surface area contributed by atoms with Gasteiger partial charge < -0.3 is 14.8 Å². The van der Waals surface area contributed by atoms with Crippen LogP contribution >= 0.6 is 0 Å². The van der Waals surface area contributed by atoms with Crippen molar-refractivity contribution in [1.82, 2.24) is 4.57 Å². The van der Waals surface area contributed by atoms with Crippen LogP contribution in [0.15, 0.2) is 109 Å². The van der Waals surface area contributed by atoms with Crippen LogP contribution < -0.4 is 0 Å². The van der Waals surface area contributed by atoms with Crippen LogP contribution in [-0.4, -0.2) is 92.1 Å². The largest absolute Gasteiger partial charge is 0.480 e. The molecule has 2 N–H and O–H groups in total. The summed E-state index contributed by atoms with van der Waals surface area (Å²) in [5.41, 5.74) is -1.78. The summed E-state index contributed by atoms with van der Waals surface area (Å²) in [6, 6.07) is 18.0. The maximum absolute atomic E-state index is 13.9. The number of carbonyl (C=O) groups excluding carboxylic acids is 1. The van der Waals surface area contributed by atoms with Gasteiger partial charge in [0, 0.05) is 39.6 Å². The summed E-state index contributed by atoms with van der Waals surface area (Å²) >= 11 is 0. The predicted molar refractivity (Wildman–Crippen MR) is 314 cm³/mol. The number of carboxylic acids is 1. The average molecular weight is 1460 g/mol. The first-order valence-corrected chi connectivity index (χ1v) is 35.5. The lowest BCUT2D eigenvalue weighted by Gasteiger charge is -2.11. The van der Waals surface area contributed by atoms with Crippen LogP contribution in [-0.2, 0) is 111 Å². The van der Waals surface area contributed by atoms with E-state index in [4.69, 9.17) is 15.8 Å². The number of halogens is 13. The molecule has 0 fully saturated rings. The van der Waals surface area contributed by atoms with Crippen LogP contribution in [0.25, 0.3) is 17.0 Å². The normalized spacial score (nSPS) is 17.4. The molecule has 1 atom stereocenters. The Morgan fingerprint density at radius 1 is 0.577 bits per heavy atom. The molecule has 97 heavy (non-hydrogen) atoms. The second-order valence-electron chi connectivity index (χ2n) is 22.0. The SMILES string of the molecule is Cc1cc2c(cc1Cc1c(C)n(CC(=O)O)c3ccc(F)cc13)CCS2(=O)=O.N#Cc1cc2c(cc1C(F)(F)F)S(=O)(=O)C=C2.N#Cc1cc2c(cc1C(F)(F)F)S(=O)(=O)CC2.N#Cc1cc2c(cc1C(F)(F)F)S(=O)(=O)CC2O.O=Cc1cc2c(cc1C(F)(F)F)S(=O)(=O)CC2. The Morgan fingerprint density at radius 3 is 1.51 bits per heavy atom. The van der Waals surface area contributed by atoms with E-state index < -0.39 is 146 Å². The number of aromatic nitrogens is 1. The molecule has 0 aliphatic carbocycles. The van der Waals surface area contributed by atoms with Crippen molar-refractivity contribution in [3.63, 3.8) is 0 Å². The van der Waals surface area contributed by atoms with Gasteiger partial charge in [-0.2, -0.15) is 68.5 Å². The Hall–Kier alpha value is -8.99. The third kappa shape index (κ3) is 15.3. The molecule has 0 radical (unpaired) electrons. The first-order valence-electron chi connectivity index (χ1n) is 27.4. The average Bonchev–Trinajstić information content (AvgIpc) is 1.67. The summed E-state index contributed by atoms with van der Waals surface area (Å²) in [7, 11) is -18.2. The standard InChI is InChI=1S/C21H20FNO4S.C10H6F3NO3S.C10H6F3NO2S.C10H4F3NO2S.C10H7F3O3S/c1-12-7-20-14(5-6-28(20,26)27)8-15(12)9-17-13(2)23(11-21(24)25)19-4-3-16(22)10-18(17)19;11-10(12,13)7-2-9-6(1-5(7)3-14)8(15)4-18(9,16)17;3*11-10(12,13)8-4-9-6(3-7(8)5-14)1-2-17(9,15)16/h3-4,7-8,10H,5-6,9,11H2,1-2H3,(H,24,25);1-2,8,15H,4H2;3-4H,1-2H2;1-4H;3-5H,1-2H2. The predicted octanol–water partition coefficient (Wildman–Crippen LogP) is 10.9. The smallest absolute Gasteiger partial charge is 0.417 e. The number of aryl methyl sites for hydroxylation is 4. The van der Waals surface area contributed by atoms with Crippen molar-refractivity contribution < 1.29 is 119 Å². The van der Waals surface area contributed by atoms with Crippen molar-refractivity contribution in [3.05, 3.63) is 185 Å². The van der Waals surface area contributed by atoms with E-state index in [9.17, 15) is 119 Å². The molecule has 512 valence electrons. The molecule has 6 aromatic carbocycles. The number of sulfone groups is 5. The Morgan fingerprint density at radius 2 is 1.02 bits per heavy atom. The fourth-order valence-corrected chi connectivity index (χ4v) is 18.7. The van der Waals surface area contributed by atoms with Crippen LogP contribution in [0.3, 0.4) is 0 Å². The molecule has 0 saturated heterocycles. The third-order valence-corrected chi connectivity index (χ3v) is 24.4. The summed E-state index contributed by atoms with van der Waals surface area (Å²) in [4.78, 5) is 20.7. The summed E-state index contributed by atoms with van der Waals surface area (Å²) < 4.78 is 283. The number of aliphatic hydroxyl groups excluding tert-OH is 1. The highest BCUT2D eigenvalue weighted by Crippen LogP contribution is 2.43. The summed E-state index contributed by atoms with van der Waals surface area (Å²) in [6.07, 6.45) is -17.9. The van der Waals surface area contributed by atoms with Crippen LogP contribution in [0.2, 0.25) is 0 Å². The number of hydrogen-bond donors (Lipinski definition) is 2. The van der Waals surface area contributed by atoms with E-state index in [2.05, 4.69) is 0 Å². The minimum Gasteiger partial charge on any atom is -0.480 e. The number of aliphatic carboxylic acids is 1. The van der Waals surface area contributed by atoms with Gasteiger partial charge in [0.2, 0.25) is 0 Å². The van der Waals surface area contributed by atoms with Gasteiger partial charge in [-0.25, -0.2) is 46.5 Å². The maximum atomic E-state index is 13.9. The Balaban J connectivity index is 0.000000158.